The van der Waals surface area contributed by atoms with Crippen LogP contribution in [0.15, 0.2) is 60.7 Å². The van der Waals surface area contributed by atoms with E-state index in [9.17, 15) is 5.11 Å². The topological polar surface area (TPSA) is 23.5 Å². The average molecular weight is 321 g/mol. The predicted molar refractivity (Wildman–Crippen MR) is 101 cm³/mol. The zero-order chi connectivity index (χ0) is 17.0. The molecule has 0 radical (unpaired) electrons. The number of aliphatic hydroxyl groups is 1. The fourth-order valence-electron chi connectivity index (χ4n) is 2.72. The molecule has 2 nitrogen and oxygen atoms in total. The SMILES string of the molecule is CCCCC(C#Cc1ccccc1)N(CCO)Cc1ccccc1. The molecule has 1 unspecified atom stereocenters. The van der Waals surface area contributed by atoms with Crippen molar-refractivity contribution >= 4 is 0 Å². The summed E-state index contributed by atoms with van der Waals surface area (Å²) in [5.74, 6) is 6.75. The van der Waals surface area contributed by atoms with Gasteiger partial charge in [-0.3, -0.25) is 4.90 Å². The maximum Gasteiger partial charge on any atom is 0.0722 e. The quantitative estimate of drug-likeness (QED) is 0.740. The van der Waals surface area contributed by atoms with Crippen LogP contribution in [0.5, 0.6) is 0 Å². The summed E-state index contributed by atoms with van der Waals surface area (Å²) in [6.45, 7) is 3.82. The van der Waals surface area contributed by atoms with Crippen molar-refractivity contribution in [3.8, 4) is 11.8 Å². The summed E-state index contributed by atoms with van der Waals surface area (Å²) in [6.07, 6.45) is 3.33. The largest absolute Gasteiger partial charge is 0.395 e. The third-order valence-electron chi connectivity index (χ3n) is 4.04. The number of benzene rings is 2. The first kappa shape index (κ1) is 18.3. The molecule has 0 saturated heterocycles. The number of rotatable bonds is 8. The van der Waals surface area contributed by atoms with Crippen LogP contribution in [0.4, 0.5) is 0 Å². The Kier molecular flexibility index (Phi) is 8.10. The Bertz CT molecular complexity index is 627. The fraction of sp³-hybridized carbons (Fsp3) is 0.364. The lowest BCUT2D eigenvalue weighted by atomic mass is 10.1. The van der Waals surface area contributed by atoms with Crippen LogP contribution in [0.2, 0.25) is 0 Å². The molecule has 0 aromatic heterocycles. The molecule has 126 valence electrons. The number of hydrogen-bond donors (Lipinski definition) is 1. The van der Waals surface area contributed by atoms with Gasteiger partial charge in [0.15, 0.2) is 0 Å². The Morgan fingerprint density at radius 1 is 1.00 bits per heavy atom. The van der Waals surface area contributed by atoms with Crippen molar-refractivity contribution in [2.45, 2.75) is 38.8 Å². The molecule has 0 amide bonds. The molecule has 2 rings (SSSR count). The van der Waals surface area contributed by atoms with E-state index in [4.69, 9.17) is 0 Å². The third kappa shape index (κ3) is 6.20. The van der Waals surface area contributed by atoms with Gasteiger partial charge in [-0.05, 0) is 24.1 Å². The molecule has 0 aliphatic carbocycles. The van der Waals surface area contributed by atoms with Gasteiger partial charge in [0.1, 0.15) is 0 Å². The van der Waals surface area contributed by atoms with Gasteiger partial charge in [-0.2, -0.15) is 0 Å². The first-order chi connectivity index (χ1) is 11.8. The second kappa shape index (κ2) is 10.6. The van der Waals surface area contributed by atoms with E-state index in [-0.39, 0.29) is 12.6 Å². The molecule has 24 heavy (non-hydrogen) atoms. The Morgan fingerprint density at radius 2 is 1.67 bits per heavy atom. The Morgan fingerprint density at radius 3 is 2.29 bits per heavy atom. The summed E-state index contributed by atoms with van der Waals surface area (Å²) >= 11 is 0. The highest BCUT2D eigenvalue weighted by Gasteiger charge is 2.16. The molecular formula is C22H27NO. The summed E-state index contributed by atoms with van der Waals surface area (Å²) in [7, 11) is 0. The highest BCUT2D eigenvalue weighted by Crippen LogP contribution is 2.13. The molecule has 0 heterocycles. The maximum absolute atomic E-state index is 9.48. The maximum atomic E-state index is 9.48. The van der Waals surface area contributed by atoms with Gasteiger partial charge in [-0.1, -0.05) is 80.1 Å². The number of nitrogens with zero attached hydrogens (tertiary/aromatic N) is 1. The molecule has 0 aliphatic rings. The molecule has 0 saturated carbocycles. The van der Waals surface area contributed by atoms with Crippen LogP contribution < -0.4 is 0 Å². The zero-order valence-electron chi connectivity index (χ0n) is 14.5. The van der Waals surface area contributed by atoms with Crippen molar-refractivity contribution in [1.82, 2.24) is 4.90 Å². The predicted octanol–water partition coefficient (Wildman–Crippen LogP) is 4.09. The average Bonchev–Trinajstić information content (AvgIpc) is 2.63. The molecule has 2 aromatic carbocycles. The molecule has 0 fully saturated rings. The highest BCUT2D eigenvalue weighted by molar-refractivity contribution is 5.35. The van der Waals surface area contributed by atoms with Crippen LogP contribution in [0.25, 0.3) is 0 Å². The second-order valence-electron chi connectivity index (χ2n) is 5.97. The van der Waals surface area contributed by atoms with E-state index in [0.29, 0.717) is 6.54 Å². The summed E-state index contributed by atoms with van der Waals surface area (Å²) in [6, 6.07) is 20.7. The van der Waals surface area contributed by atoms with Crippen LogP contribution in [0.3, 0.4) is 0 Å². The van der Waals surface area contributed by atoms with Gasteiger partial charge in [-0.25, -0.2) is 0 Å². The first-order valence-electron chi connectivity index (χ1n) is 8.79. The van der Waals surface area contributed by atoms with Crippen LogP contribution in [0, 0.1) is 11.8 Å². The standard InChI is InChI=1S/C22H27NO/c1-2-3-14-22(16-15-20-10-6-4-7-11-20)23(17-18-24)19-21-12-8-5-9-13-21/h4-13,22,24H,2-3,14,17-19H2,1H3. The normalized spacial score (nSPS) is 11.8. The van der Waals surface area contributed by atoms with E-state index >= 15 is 0 Å². The Hall–Kier alpha value is -2.08. The monoisotopic (exact) mass is 321 g/mol. The fourth-order valence-corrected chi connectivity index (χ4v) is 2.72. The summed E-state index contributed by atoms with van der Waals surface area (Å²) < 4.78 is 0. The smallest absolute Gasteiger partial charge is 0.0722 e. The van der Waals surface area contributed by atoms with Crippen molar-refractivity contribution in [3.63, 3.8) is 0 Å². The molecule has 1 N–H and O–H groups in total. The lowest BCUT2D eigenvalue weighted by Gasteiger charge is -2.27. The van der Waals surface area contributed by atoms with Crippen molar-refractivity contribution in [3.05, 3.63) is 71.8 Å². The lowest BCUT2D eigenvalue weighted by Crippen LogP contribution is -2.36. The van der Waals surface area contributed by atoms with E-state index in [2.05, 4.69) is 47.9 Å². The molecule has 0 bridgehead atoms. The van der Waals surface area contributed by atoms with Crippen LogP contribution in [-0.4, -0.2) is 29.2 Å². The van der Waals surface area contributed by atoms with Gasteiger partial charge in [0.2, 0.25) is 0 Å². The van der Waals surface area contributed by atoms with Gasteiger partial charge < -0.3 is 5.11 Å². The van der Waals surface area contributed by atoms with Crippen LogP contribution in [0.1, 0.15) is 37.3 Å². The summed E-state index contributed by atoms with van der Waals surface area (Å²) in [4.78, 5) is 2.29. The van der Waals surface area contributed by atoms with Gasteiger partial charge in [-0.15, -0.1) is 0 Å². The van der Waals surface area contributed by atoms with Crippen molar-refractivity contribution in [2.75, 3.05) is 13.2 Å². The van der Waals surface area contributed by atoms with Gasteiger partial charge in [0.05, 0.1) is 12.6 Å². The van der Waals surface area contributed by atoms with Crippen molar-refractivity contribution < 1.29 is 5.11 Å². The summed E-state index contributed by atoms with van der Waals surface area (Å²) in [5, 5.41) is 9.48. The van der Waals surface area contributed by atoms with E-state index in [1.807, 2.05) is 36.4 Å². The molecule has 2 heteroatoms. The molecule has 2 aromatic rings. The molecular weight excluding hydrogens is 294 g/mol. The first-order valence-corrected chi connectivity index (χ1v) is 8.79. The van der Waals surface area contributed by atoms with Gasteiger partial charge in [0, 0.05) is 18.7 Å². The lowest BCUT2D eigenvalue weighted by molar-refractivity contribution is 0.161. The number of unbranched alkanes of at least 4 members (excludes halogenated alkanes) is 1. The minimum Gasteiger partial charge on any atom is -0.395 e. The van der Waals surface area contributed by atoms with Gasteiger partial charge >= 0.3 is 0 Å². The third-order valence-corrected chi connectivity index (χ3v) is 4.04. The van der Waals surface area contributed by atoms with Crippen LogP contribution in [-0.2, 0) is 6.54 Å². The van der Waals surface area contributed by atoms with Crippen molar-refractivity contribution in [2.24, 2.45) is 0 Å². The molecule has 0 aliphatic heterocycles. The minimum absolute atomic E-state index is 0.155. The highest BCUT2D eigenvalue weighted by atomic mass is 16.3. The van der Waals surface area contributed by atoms with E-state index in [1.165, 1.54) is 5.56 Å². The second-order valence-corrected chi connectivity index (χ2v) is 5.97. The van der Waals surface area contributed by atoms with E-state index in [1.54, 1.807) is 0 Å². The van der Waals surface area contributed by atoms with E-state index in [0.717, 1.165) is 31.4 Å². The number of hydrogen-bond acceptors (Lipinski definition) is 2. The summed E-state index contributed by atoms with van der Waals surface area (Å²) in [5.41, 5.74) is 2.30. The molecule has 0 spiro atoms. The van der Waals surface area contributed by atoms with Crippen molar-refractivity contribution in [1.29, 1.82) is 0 Å². The number of aliphatic hydroxyl groups excluding tert-OH is 1. The molecule has 1 atom stereocenters. The Labute approximate surface area is 146 Å². The van der Waals surface area contributed by atoms with Crippen LogP contribution >= 0.6 is 0 Å². The zero-order valence-corrected chi connectivity index (χ0v) is 14.5. The van der Waals surface area contributed by atoms with Gasteiger partial charge in [0.25, 0.3) is 0 Å². The minimum atomic E-state index is 0.155. The Balaban J connectivity index is 2.16. The van der Waals surface area contributed by atoms with E-state index < -0.39 is 0 Å².